The number of anilines is 1. The van der Waals surface area contributed by atoms with E-state index < -0.39 is 0 Å². The Kier molecular flexibility index (Phi) is 2.97. The Morgan fingerprint density at radius 2 is 2.13 bits per heavy atom. The van der Waals surface area contributed by atoms with E-state index in [0.717, 1.165) is 11.7 Å². The van der Waals surface area contributed by atoms with E-state index in [1.165, 1.54) is 28.0 Å². The van der Waals surface area contributed by atoms with Crippen molar-refractivity contribution in [3.63, 3.8) is 0 Å². The monoisotopic (exact) mass is 219 g/mol. The van der Waals surface area contributed by atoms with Crippen LogP contribution in [0.2, 0.25) is 0 Å². The van der Waals surface area contributed by atoms with Gasteiger partial charge in [0.2, 0.25) is 5.13 Å². The van der Waals surface area contributed by atoms with E-state index in [1.807, 2.05) is 0 Å². The van der Waals surface area contributed by atoms with Crippen LogP contribution in [0.5, 0.6) is 0 Å². The number of hydrogen-bond acceptors (Lipinski definition) is 4. The molecule has 1 heterocycles. The summed E-state index contributed by atoms with van der Waals surface area (Å²) in [6.07, 6.45) is 0. The minimum atomic E-state index is 0.802. The van der Waals surface area contributed by atoms with Gasteiger partial charge in [0.05, 0.1) is 0 Å². The summed E-state index contributed by atoms with van der Waals surface area (Å²) in [5.41, 5.74) is 5.65. The van der Waals surface area contributed by atoms with Gasteiger partial charge in [0, 0.05) is 6.54 Å². The summed E-state index contributed by atoms with van der Waals surface area (Å²) in [6, 6.07) is 6.48. The summed E-state index contributed by atoms with van der Waals surface area (Å²) in [5, 5.41) is 11.8. The van der Waals surface area contributed by atoms with Crippen LogP contribution in [-0.4, -0.2) is 10.2 Å². The smallest absolute Gasteiger partial charge is 0.205 e. The Morgan fingerprint density at radius 1 is 1.27 bits per heavy atom. The van der Waals surface area contributed by atoms with Crippen LogP contribution in [0.25, 0.3) is 0 Å². The van der Waals surface area contributed by atoms with E-state index >= 15 is 0 Å². The molecule has 0 fully saturated rings. The summed E-state index contributed by atoms with van der Waals surface area (Å²) in [6.45, 7) is 5.05. The second-order valence-electron chi connectivity index (χ2n) is 3.52. The Morgan fingerprint density at radius 3 is 2.80 bits per heavy atom. The summed E-state index contributed by atoms with van der Waals surface area (Å²) >= 11 is 1.52. The van der Waals surface area contributed by atoms with Gasteiger partial charge < -0.3 is 5.32 Å². The van der Waals surface area contributed by atoms with Crippen LogP contribution in [-0.2, 0) is 6.54 Å². The Hall–Kier alpha value is -1.42. The van der Waals surface area contributed by atoms with Crippen molar-refractivity contribution in [1.29, 1.82) is 0 Å². The fraction of sp³-hybridized carbons (Fsp3) is 0.273. The number of aromatic nitrogens is 2. The third-order valence-electron chi connectivity index (χ3n) is 2.38. The molecule has 0 unspecified atom stereocenters. The highest BCUT2D eigenvalue weighted by Gasteiger charge is 1.98. The lowest BCUT2D eigenvalue weighted by molar-refractivity contribution is 1.05. The van der Waals surface area contributed by atoms with Gasteiger partial charge in [0.25, 0.3) is 0 Å². The zero-order valence-corrected chi connectivity index (χ0v) is 9.64. The van der Waals surface area contributed by atoms with Crippen LogP contribution in [0, 0.1) is 13.8 Å². The molecule has 4 heteroatoms. The second kappa shape index (κ2) is 4.40. The first kappa shape index (κ1) is 10.1. The summed E-state index contributed by atoms with van der Waals surface area (Å²) in [7, 11) is 0. The third-order valence-corrected chi connectivity index (χ3v) is 3.02. The number of hydrogen-bond donors (Lipinski definition) is 1. The molecule has 1 aromatic heterocycles. The normalized spacial score (nSPS) is 10.3. The number of nitrogens with zero attached hydrogens (tertiary/aromatic N) is 2. The van der Waals surface area contributed by atoms with Gasteiger partial charge in [-0.3, -0.25) is 0 Å². The van der Waals surface area contributed by atoms with Crippen molar-refractivity contribution in [3.05, 3.63) is 40.4 Å². The topological polar surface area (TPSA) is 37.8 Å². The summed E-state index contributed by atoms with van der Waals surface area (Å²) in [4.78, 5) is 0. The maximum absolute atomic E-state index is 3.93. The Bertz CT molecular complexity index is 437. The largest absolute Gasteiger partial charge is 0.356 e. The van der Waals surface area contributed by atoms with Gasteiger partial charge in [-0.05, 0) is 30.5 Å². The van der Waals surface area contributed by atoms with E-state index in [4.69, 9.17) is 0 Å². The molecule has 0 aliphatic carbocycles. The zero-order valence-electron chi connectivity index (χ0n) is 8.82. The van der Waals surface area contributed by atoms with E-state index in [1.54, 1.807) is 5.51 Å². The Labute approximate surface area is 93.2 Å². The van der Waals surface area contributed by atoms with Crippen LogP contribution < -0.4 is 5.32 Å². The van der Waals surface area contributed by atoms with Gasteiger partial charge >= 0.3 is 0 Å². The molecule has 2 aromatic rings. The fourth-order valence-electron chi connectivity index (χ4n) is 1.34. The molecule has 0 bridgehead atoms. The molecule has 78 valence electrons. The van der Waals surface area contributed by atoms with Crippen LogP contribution in [0.4, 0.5) is 5.13 Å². The van der Waals surface area contributed by atoms with E-state index in [0.29, 0.717) is 0 Å². The minimum Gasteiger partial charge on any atom is -0.356 e. The first-order valence-electron chi connectivity index (χ1n) is 4.82. The first-order chi connectivity index (χ1) is 7.25. The molecule has 0 saturated heterocycles. The van der Waals surface area contributed by atoms with Gasteiger partial charge in [-0.25, -0.2) is 0 Å². The van der Waals surface area contributed by atoms with Gasteiger partial charge in [-0.15, -0.1) is 10.2 Å². The highest BCUT2D eigenvalue weighted by molar-refractivity contribution is 7.13. The van der Waals surface area contributed by atoms with Gasteiger partial charge in [0.1, 0.15) is 5.51 Å². The molecule has 2 rings (SSSR count). The molecule has 0 atom stereocenters. The molecule has 0 aliphatic rings. The molecule has 0 saturated carbocycles. The van der Waals surface area contributed by atoms with Crippen molar-refractivity contribution in [2.45, 2.75) is 20.4 Å². The molecule has 15 heavy (non-hydrogen) atoms. The van der Waals surface area contributed by atoms with Crippen LogP contribution in [0.15, 0.2) is 23.7 Å². The van der Waals surface area contributed by atoms with Crippen LogP contribution >= 0.6 is 11.3 Å². The SMILES string of the molecule is Cc1ccc(CNc2nncs2)cc1C. The lowest BCUT2D eigenvalue weighted by Gasteiger charge is -2.05. The number of nitrogens with one attached hydrogen (secondary N) is 1. The molecular formula is C11H13N3S. The summed E-state index contributed by atoms with van der Waals surface area (Å²) in [5.74, 6) is 0. The predicted octanol–water partition coefficient (Wildman–Crippen LogP) is 2.77. The molecule has 0 aliphatic heterocycles. The van der Waals surface area contributed by atoms with Crippen molar-refractivity contribution >= 4 is 16.5 Å². The molecule has 3 nitrogen and oxygen atoms in total. The molecular weight excluding hydrogens is 206 g/mol. The first-order valence-corrected chi connectivity index (χ1v) is 5.70. The van der Waals surface area contributed by atoms with Crippen molar-refractivity contribution < 1.29 is 0 Å². The standard InChI is InChI=1S/C11H13N3S/c1-8-3-4-10(5-9(8)2)6-12-11-14-13-7-15-11/h3-5,7H,6H2,1-2H3,(H,12,14). The lowest BCUT2D eigenvalue weighted by atomic mass is 10.1. The van der Waals surface area contributed by atoms with E-state index in [9.17, 15) is 0 Å². The highest BCUT2D eigenvalue weighted by atomic mass is 32.1. The number of rotatable bonds is 3. The van der Waals surface area contributed by atoms with Gasteiger partial charge in [0.15, 0.2) is 0 Å². The minimum absolute atomic E-state index is 0.802. The third kappa shape index (κ3) is 2.53. The molecule has 0 amide bonds. The second-order valence-corrected chi connectivity index (χ2v) is 4.35. The summed E-state index contributed by atoms with van der Waals surface area (Å²) < 4.78 is 0. The van der Waals surface area contributed by atoms with E-state index in [-0.39, 0.29) is 0 Å². The average Bonchev–Trinajstić information content (AvgIpc) is 2.73. The van der Waals surface area contributed by atoms with Gasteiger partial charge in [-0.2, -0.15) is 0 Å². The molecule has 0 spiro atoms. The maximum atomic E-state index is 3.93. The number of aryl methyl sites for hydroxylation is 2. The zero-order chi connectivity index (χ0) is 10.7. The maximum Gasteiger partial charge on any atom is 0.205 e. The van der Waals surface area contributed by atoms with Crippen molar-refractivity contribution in [3.8, 4) is 0 Å². The average molecular weight is 219 g/mol. The quantitative estimate of drug-likeness (QED) is 0.862. The predicted molar refractivity (Wildman–Crippen MR) is 63.2 cm³/mol. The van der Waals surface area contributed by atoms with Crippen molar-refractivity contribution in [2.24, 2.45) is 0 Å². The van der Waals surface area contributed by atoms with E-state index in [2.05, 4.69) is 47.6 Å². The lowest BCUT2D eigenvalue weighted by Crippen LogP contribution is -1.99. The highest BCUT2D eigenvalue weighted by Crippen LogP contribution is 2.13. The van der Waals surface area contributed by atoms with Crippen LogP contribution in [0.3, 0.4) is 0 Å². The van der Waals surface area contributed by atoms with Crippen molar-refractivity contribution in [1.82, 2.24) is 10.2 Å². The molecule has 0 radical (unpaired) electrons. The molecule has 1 aromatic carbocycles. The number of benzene rings is 1. The fourth-order valence-corrected chi connectivity index (χ4v) is 1.79. The molecule has 1 N–H and O–H groups in total. The Balaban J connectivity index is 2.02. The van der Waals surface area contributed by atoms with Crippen LogP contribution in [0.1, 0.15) is 16.7 Å². The van der Waals surface area contributed by atoms with Gasteiger partial charge in [-0.1, -0.05) is 29.5 Å². The van der Waals surface area contributed by atoms with Crippen molar-refractivity contribution in [2.75, 3.05) is 5.32 Å².